The first kappa shape index (κ1) is 15.8. The van der Waals surface area contributed by atoms with Crippen LogP contribution in [-0.4, -0.2) is 60.0 Å². The third-order valence-electron chi connectivity index (χ3n) is 3.89. The van der Waals surface area contributed by atoms with Crippen LogP contribution in [0.3, 0.4) is 0 Å². The zero-order chi connectivity index (χ0) is 15.2. The molecule has 1 aliphatic heterocycles. The van der Waals surface area contributed by atoms with E-state index >= 15 is 0 Å². The Kier molecular flexibility index (Phi) is 5.56. The van der Waals surface area contributed by atoms with Crippen molar-refractivity contribution >= 4 is 11.7 Å². The Morgan fingerprint density at radius 1 is 1.48 bits per heavy atom. The number of hydrogen-bond acceptors (Lipinski definition) is 4. The van der Waals surface area contributed by atoms with E-state index in [0.717, 1.165) is 39.0 Å². The Labute approximate surface area is 127 Å². The van der Waals surface area contributed by atoms with Crippen molar-refractivity contribution in [3.8, 4) is 0 Å². The topological polar surface area (TPSA) is 48.5 Å². The summed E-state index contributed by atoms with van der Waals surface area (Å²) in [5.74, 6) is 0.790. The Bertz CT molecular complexity index is 477. The van der Waals surface area contributed by atoms with Crippen molar-refractivity contribution < 1.29 is 4.79 Å². The smallest absolute Gasteiger partial charge is 0.257 e. The van der Waals surface area contributed by atoms with Gasteiger partial charge in [-0.05, 0) is 45.5 Å². The van der Waals surface area contributed by atoms with Crippen molar-refractivity contribution in [1.82, 2.24) is 14.8 Å². The van der Waals surface area contributed by atoms with Gasteiger partial charge in [0.05, 0.1) is 5.56 Å². The van der Waals surface area contributed by atoms with Crippen LogP contribution in [0.25, 0.3) is 0 Å². The summed E-state index contributed by atoms with van der Waals surface area (Å²) in [6, 6.07) is 3.93. The molecule has 1 N–H and O–H groups in total. The number of nitrogens with one attached hydrogen (secondary N) is 1. The SMILES string of the molecule is CCCNc1ncccc1C(=O)N1CCCN(C)CC1C. The number of nitrogens with zero attached hydrogens (tertiary/aromatic N) is 3. The molecule has 21 heavy (non-hydrogen) atoms. The first-order chi connectivity index (χ1) is 10.1. The molecule has 1 aromatic heterocycles. The molecule has 2 rings (SSSR count). The normalized spacial score (nSPS) is 20.1. The molecule has 0 aromatic carbocycles. The van der Waals surface area contributed by atoms with Crippen LogP contribution in [0.2, 0.25) is 0 Å². The molecule has 0 bridgehead atoms. The van der Waals surface area contributed by atoms with Gasteiger partial charge >= 0.3 is 0 Å². The number of hydrogen-bond donors (Lipinski definition) is 1. The molecule has 116 valence electrons. The number of pyridine rings is 1. The Hall–Kier alpha value is -1.62. The van der Waals surface area contributed by atoms with Crippen molar-refractivity contribution in [3.05, 3.63) is 23.9 Å². The second kappa shape index (κ2) is 7.41. The number of aromatic nitrogens is 1. The van der Waals surface area contributed by atoms with Gasteiger partial charge < -0.3 is 15.1 Å². The highest BCUT2D eigenvalue weighted by atomic mass is 16.2. The van der Waals surface area contributed by atoms with Gasteiger partial charge in [-0.1, -0.05) is 6.92 Å². The van der Waals surface area contributed by atoms with Crippen LogP contribution in [0.1, 0.15) is 37.0 Å². The third kappa shape index (κ3) is 3.94. The summed E-state index contributed by atoms with van der Waals surface area (Å²) in [4.78, 5) is 21.5. The molecule has 0 aliphatic carbocycles. The molecule has 5 nitrogen and oxygen atoms in total. The van der Waals surface area contributed by atoms with Gasteiger partial charge in [-0.25, -0.2) is 4.98 Å². The Morgan fingerprint density at radius 3 is 3.05 bits per heavy atom. The van der Waals surface area contributed by atoms with Gasteiger partial charge in [0, 0.05) is 31.9 Å². The summed E-state index contributed by atoms with van der Waals surface area (Å²) in [5, 5.41) is 3.25. The predicted molar refractivity (Wildman–Crippen MR) is 85.6 cm³/mol. The highest BCUT2D eigenvalue weighted by molar-refractivity contribution is 5.98. The van der Waals surface area contributed by atoms with Crippen LogP contribution in [0.4, 0.5) is 5.82 Å². The maximum absolute atomic E-state index is 12.9. The molecule has 1 fully saturated rings. The molecule has 0 spiro atoms. The maximum Gasteiger partial charge on any atom is 0.257 e. The fourth-order valence-corrected chi connectivity index (χ4v) is 2.79. The molecule has 1 aromatic rings. The van der Waals surface area contributed by atoms with Gasteiger partial charge in [0.15, 0.2) is 0 Å². The highest BCUT2D eigenvalue weighted by Gasteiger charge is 2.26. The number of anilines is 1. The molecule has 2 heterocycles. The van der Waals surface area contributed by atoms with E-state index in [1.165, 1.54) is 0 Å². The lowest BCUT2D eigenvalue weighted by Crippen LogP contribution is -2.42. The summed E-state index contributed by atoms with van der Waals surface area (Å²) < 4.78 is 0. The van der Waals surface area contributed by atoms with Crippen LogP contribution in [-0.2, 0) is 0 Å². The molecule has 1 aliphatic rings. The van der Waals surface area contributed by atoms with E-state index in [9.17, 15) is 4.79 Å². The van der Waals surface area contributed by atoms with Gasteiger partial charge in [-0.15, -0.1) is 0 Å². The van der Waals surface area contributed by atoms with Gasteiger partial charge in [-0.2, -0.15) is 0 Å². The molecule has 0 radical (unpaired) electrons. The summed E-state index contributed by atoms with van der Waals surface area (Å²) >= 11 is 0. The lowest BCUT2D eigenvalue weighted by molar-refractivity contribution is 0.0697. The molecule has 1 saturated heterocycles. The zero-order valence-corrected chi connectivity index (χ0v) is 13.3. The summed E-state index contributed by atoms with van der Waals surface area (Å²) in [7, 11) is 2.11. The number of carbonyl (C=O) groups excluding carboxylic acids is 1. The molecule has 0 saturated carbocycles. The van der Waals surface area contributed by atoms with Gasteiger partial charge in [0.1, 0.15) is 5.82 Å². The van der Waals surface area contributed by atoms with Crippen molar-refractivity contribution in [1.29, 1.82) is 0 Å². The number of likely N-dealkylation sites (N-methyl/N-ethyl adjacent to an activating group) is 1. The van der Waals surface area contributed by atoms with Gasteiger partial charge in [-0.3, -0.25) is 4.79 Å². The average Bonchev–Trinajstić information content (AvgIpc) is 2.65. The first-order valence-electron chi connectivity index (χ1n) is 7.82. The second-order valence-electron chi connectivity index (χ2n) is 5.79. The quantitative estimate of drug-likeness (QED) is 0.922. The van der Waals surface area contributed by atoms with Crippen molar-refractivity contribution in [3.63, 3.8) is 0 Å². The minimum Gasteiger partial charge on any atom is -0.369 e. The van der Waals surface area contributed by atoms with Crippen LogP contribution in [0.5, 0.6) is 0 Å². The Morgan fingerprint density at radius 2 is 2.29 bits per heavy atom. The minimum atomic E-state index is 0.0875. The highest BCUT2D eigenvalue weighted by Crippen LogP contribution is 2.18. The van der Waals surface area contributed by atoms with E-state index in [-0.39, 0.29) is 11.9 Å². The predicted octanol–water partition coefficient (Wildman–Crippen LogP) is 2.07. The molecule has 1 atom stereocenters. The Balaban J connectivity index is 2.18. The molecular formula is C16H26N4O. The molecule has 1 unspecified atom stereocenters. The number of carbonyl (C=O) groups is 1. The monoisotopic (exact) mass is 290 g/mol. The average molecular weight is 290 g/mol. The van der Waals surface area contributed by atoms with E-state index in [1.54, 1.807) is 6.20 Å². The second-order valence-corrected chi connectivity index (χ2v) is 5.79. The van der Waals surface area contributed by atoms with Crippen LogP contribution >= 0.6 is 0 Å². The van der Waals surface area contributed by atoms with Crippen molar-refractivity contribution in [2.45, 2.75) is 32.7 Å². The van der Waals surface area contributed by atoms with E-state index in [0.29, 0.717) is 11.4 Å². The summed E-state index contributed by atoms with van der Waals surface area (Å²) in [6.07, 6.45) is 3.76. The lowest BCUT2D eigenvalue weighted by atomic mass is 10.1. The van der Waals surface area contributed by atoms with E-state index in [1.807, 2.05) is 17.0 Å². The fraction of sp³-hybridized carbons (Fsp3) is 0.625. The van der Waals surface area contributed by atoms with Crippen LogP contribution in [0, 0.1) is 0 Å². The lowest BCUT2D eigenvalue weighted by Gasteiger charge is -2.28. The number of rotatable bonds is 4. The molecular weight excluding hydrogens is 264 g/mol. The maximum atomic E-state index is 12.9. The standard InChI is InChI=1S/C16H26N4O/c1-4-8-17-15-14(7-5-9-18-15)16(21)20-11-6-10-19(3)12-13(20)2/h5,7,9,13H,4,6,8,10-12H2,1-3H3,(H,17,18). The van der Waals surface area contributed by atoms with Gasteiger partial charge in [0.2, 0.25) is 0 Å². The molecule has 1 amide bonds. The van der Waals surface area contributed by atoms with Crippen molar-refractivity contribution in [2.24, 2.45) is 0 Å². The number of amides is 1. The van der Waals surface area contributed by atoms with Crippen LogP contribution < -0.4 is 5.32 Å². The van der Waals surface area contributed by atoms with E-state index < -0.39 is 0 Å². The molecule has 5 heteroatoms. The minimum absolute atomic E-state index is 0.0875. The largest absolute Gasteiger partial charge is 0.369 e. The van der Waals surface area contributed by atoms with E-state index in [4.69, 9.17) is 0 Å². The van der Waals surface area contributed by atoms with E-state index in [2.05, 4.69) is 36.1 Å². The summed E-state index contributed by atoms with van der Waals surface area (Å²) in [5.41, 5.74) is 0.683. The van der Waals surface area contributed by atoms with Crippen LogP contribution in [0.15, 0.2) is 18.3 Å². The third-order valence-corrected chi connectivity index (χ3v) is 3.89. The fourth-order valence-electron chi connectivity index (χ4n) is 2.79. The van der Waals surface area contributed by atoms with Crippen molar-refractivity contribution in [2.75, 3.05) is 38.5 Å². The van der Waals surface area contributed by atoms with Gasteiger partial charge in [0.25, 0.3) is 5.91 Å². The summed E-state index contributed by atoms with van der Waals surface area (Å²) in [6.45, 7) is 7.83. The zero-order valence-electron chi connectivity index (χ0n) is 13.3. The first-order valence-corrected chi connectivity index (χ1v) is 7.82.